The Morgan fingerprint density at radius 1 is 1.32 bits per heavy atom. The molecule has 19 heavy (non-hydrogen) atoms. The molecule has 0 unspecified atom stereocenters. The maximum absolute atomic E-state index is 12.4. The van der Waals surface area contributed by atoms with Crippen LogP contribution in [0.15, 0.2) is 24.4 Å². The van der Waals surface area contributed by atoms with Gasteiger partial charge in [-0.15, -0.1) is 0 Å². The number of pyridine rings is 1. The second-order valence-corrected chi connectivity index (χ2v) is 3.82. The average Bonchev–Trinajstić information content (AvgIpc) is 2.80. The number of aromatic amines is 1. The standard InChI is InChI=1S/C10H6ClF3N4O/c11-8-5(1-2-6(16-8)10(12,13)14)9(19)17-7-3-4-15-18-7/h1-4H,(H2,15,17,18,19). The average molecular weight is 291 g/mol. The van der Waals surface area contributed by atoms with E-state index in [2.05, 4.69) is 20.5 Å². The van der Waals surface area contributed by atoms with Gasteiger partial charge in [0.2, 0.25) is 0 Å². The first-order valence-electron chi connectivity index (χ1n) is 4.92. The number of hydrogen-bond donors (Lipinski definition) is 2. The summed E-state index contributed by atoms with van der Waals surface area (Å²) in [5.74, 6) is -0.392. The molecule has 5 nitrogen and oxygen atoms in total. The molecule has 0 saturated heterocycles. The summed E-state index contributed by atoms with van der Waals surface area (Å²) < 4.78 is 37.1. The quantitative estimate of drug-likeness (QED) is 0.836. The normalized spacial score (nSPS) is 11.4. The maximum atomic E-state index is 12.4. The molecule has 9 heteroatoms. The van der Waals surface area contributed by atoms with Gasteiger partial charge in [0.05, 0.1) is 11.8 Å². The number of nitrogens with zero attached hydrogens (tertiary/aromatic N) is 2. The van der Waals surface area contributed by atoms with Gasteiger partial charge in [-0.1, -0.05) is 11.6 Å². The molecule has 0 aliphatic heterocycles. The molecular formula is C10H6ClF3N4O. The van der Waals surface area contributed by atoms with Crippen molar-refractivity contribution in [2.45, 2.75) is 6.18 Å². The van der Waals surface area contributed by atoms with Crippen molar-refractivity contribution in [3.8, 4) is 0 Å². The van der Waals surface area contributed by atoms with Gasteiger partial charge in [-0.05, 0) is 12.1 Å². The van der Waals surface area contributed by atoms with E-state index < -0.39 is 22.9 Å². The van der Waals surface area contributed by atoms with Crippen molar-refractivity contribution in [3.63, 3.8) is 0 Å². The highest BCUT2D eigenvalue weighted by Crippen LogP contribution is 2.29. The highest BCUT2D eigenvalue weighted by molar-refractivity contribution is 6.33. The van der Waals surface area contributed by atoms with E-state index in [0.717, 1.165) is 6.07 Å². The van der Waals surface area contributed by atoms with E-state index in [4.69, 9.17) is 11.6 Å². The predicted octanol–water partition coefficient (Wildman–Crippen LogP) is 2.73. The molecule has 0 bridgehead atoms. The zero-order chi connectivity index (χ0) is 14.0. The Morgan fingerprint density at radius 2 is 2.05 bits per heavy atom. The number of anilines is 1. The van der Waals surface area contributed by atoms with Crippen molar-refractivity contribution in [1.29, 1.82) is 0 Å². The summed E-state index contributed by atoms with van der Waals surface area (Å²) in [4.78, 5) is 14.9. The Labute approximate surface area is 109 Å². The summed E-state index contributed by atoms with van der Waals surface area (Å²) in [5, 5.41) is 7.92. The van der Waals surface area contributed by atoms with Gasteiger partial charge < -0.3 is 5.32 Å². The van der Waals surface area contributed by atoms with Gasteiger partial charge in [0.15, 0.2) is 0 Å². The molecule has 0 aromatic carbocycles. The largest absolute Gasteiger partial charge is 0.433 e. The molecule has 0 aliphatic rings. The SMILES string of the molecule is O=C(Nc1ccn[nH]1)c1ccc(C(F)(F)F)nc1Cl. The van der Waals surface area contributed by atoms with Gasteiger partial charge in [0, 0.05) is 6.07 Å². The van der Waals surface area contributed by atoms with Crippen LogP contribution in [0.4, 0.5) is 19.0 Å². The topological polar surface area (TPSA) is 70.7 Å². The second kappa shape index (κ2) is 4.88. The molecule has 1 amide bonds. The minimum absolute atomic E-state index is 0.163. The molecule has 2 aromatic heterocycles. The number of alkyl halides is 3. The van der Waals surface area contributed by atoms with Gasteiger partial charge in [-0.25, -0.2) is 4.98 Å². The molecule has 2 heterocycles. The molecule has 100 valence electrons. The second-order valence-electron chi connectivity index (χ2n) is 3.46. The van der Waals surface area contributed by atoms with Gasteiger partial charge in [-0.2, -0.15) is 18.3 Å². The van der Waals surface area contributed by atoms with Crippen LogP contribution in [0.3, 0.4) is 0 Å². The molecule has 2 rings (SSSR count). The Kier molecular flexibility index (Phi) is 3.43. The number of rotatable bonds is 2. The van der Waals surface area contributed by atoms with Crippen LogP contribution >= 0.6 is 11.6 Å². The fourth-order valence-electron chi connectivity index (χ4n) is 1.28. The third-order valence-electron chi connectivity index (χ3n) is 2.13. The van der Waals surface area contributed by atoms with E-state index in [1.807, 2.05) is 0 Å². The zero-order valence-corrected chi connectivity index (χ0v) is 9.88. The molecule has 2 N–H and O–H groups in total. The van der Waals surface area contributed by atoms with Crippen molar-refractivity contribution in [1.82, 2.24) is 15.2 Å². The number of H-pyrrole nitrogens is 1. The third-order valence-corrected chi connectivity index (χ3v) is 2.42. The minimum atomic E-state index is -4.61. The summed E-state index contributed by atoms with van der Waals surface area (Å²) in [6.07, 6.45) is -3.20. The van der Waals surface area contributed by atoms with Crippen LogP contribution in [0, 0.1) is 0 Å². The summed E-state index contributed by atoms with van der Waals surface area (Å²) >= 11 is 5.57. The van der Waals surface area contributed by atoms with E-state index in [9.17, 15) is 18.0 Å². The maximum Gasteiger partial charge on any atom is 0.433 e. The van der Waals surface area contributed by atoms with Crippen LogP contribution in [-0.2, 0) is 6.18 Å². The number of carbonyl (C=O) groups is 1. The minimum Gasteiger partial charge on any atom is -0.307 e. The number of carbonyl (C=O) groups excluding carboxylic acids is 1. The number of hydrogen-bond acceptors (Lipinski definition) is 3. The van der Waals surface area contributed by atoms with E-state index in [1.54, 1.807) is 0 Å². The van der Waals surface area contributed by atoms with Gasteiger partial charge in [0.1, 0.15) is 16.7 Å². The summed E-state index contributed by atoms with van der Waals surface area (Å²) in [7, 11) is 0. The highest BCUT2D eigenvalue weighted by atomic mass is 35.5. The third kappa shape index (κ3) is 3.02. The lowest BCUT2D eigenvalue weighted by Crippen LogP contribution is -2.15. The molecular weight excluding hydrogens is 285 g/mol. The van der Waals surface area contributed by atoms with Crippen molar-refractivity contribution in [3.05, 3.63) is 40.8 Å². The van der Waals surface area contributed by atoms with E-state index >= 15 is 0 Å². The van der Waals surface area contributed by atoms with Gasteiger partial charge >= 0.3 is 6.18 Å². The van der Waals surface area contributed by atoms with E-state index in [-0.39, 0.29) is 5.56 Å². The smallest absolute Gasteiger partial charge is 0.307 e. The van der Waals surface area contributed by atoms with Crippen LogP contribution in [0.25, 0.3) is 0 Å². The number of amides is 1. The van der Waals surface area contributed by atoms with Gasteiger partial charge in [0.25, 0.3) is 5.91 Å². The first kappa shape index (κ1) is 13.3. The number of nitrogens with one attached hydrogen (secondary N) is 2. The Bertz CT molecular complexity index is 597. The number of aromatic nitrogens is 3. The van der Waals surface area contributed by atoms with Crippen molar-refractivity contribution >= 4 is 23.3 Å². The molecule has 0 aliphatic carbocycles. The zero-order valence-electron chi connectivity index (χ0n) is 9.12. The van der Waals surface area contributed by atoms with Crippen molar-refractivity contribution < 1.29 is 18.0 Å². The van der Waals surface area contributed by atoms with Gasteiger partial charge in [-0.3, -0.25) is 9.89 Å². The Morgan fingerprint density at radius 3 is 2.58 bits per heavy atom. The lowest BCUT2D eigenvalue weighted by atomic mass is 10.2. The van der Waals surface area contributed by atoms with E-state index in [1.165, 1.54) is 12.3 Å². The summed E-state index contributed by atoms with van der Waals surface area (Å²) in [6, 6.07) is 3.13. The first-order chi connectivity index (χ1) is 8.88. The fourth-order valence-corrected chi connectivity index (χ4v) is 1.52. The molecule has 0 radical (unpaired) electrons. The molecule has 0 atom stereocenters. The lowest BCUT2D eigenvalue weighted by Gasteiger charge is -2.08. The monoisotopic (exact) mass is 290 g/mol. The Balaban J connectivity index is 2.24. The van der Waals surface area contributed by atoms with Crippen LogP contribution in [0.2, 0.25) is 5.15 Å². The molecule has 0 saturated carbocycles. The molecule has 0 spiro atoms. The predicted molar refractivity (Wildman–Crippen MR) is 60.8 cm³/mol. The molecule has 2 aromatic rings. The summed E-state index contributed by atoms with van der Waals surface area (Å²) in [6.45, 7) is 0. The Hall–Kier alpha value is -2.09. The number of halogens is 4. The van der Waals surface area contributed by atoms with Crippen LogP contribution in [0.1, 0.15) is 16.1 Å². The van der Waals surface area contributed by atoms with E-state index in [0.29, 0.717) is 11.9 Å². The van der Waals surface area contributed by atoms with Crippen LogP contribution < -0.4 is 5.32 Å². The van der Waals surface area contributed by atoms with Crippen molar-refractivity contribution in [2.75, 3.05) is 5.32 Å². The highest BCUT2D eigenvalue weighted by Gasteiger charge is 2.33. The first-order valence-corrected chi connectivity index (χ1v) is 5.30. The fraction of sp³-hybridized carbons (Fsp3) is 0.100. The van der Waals surface area contributed by atoms with Crippen molar-refractivity contribution in [2.24, 2.45) is 0 Å². The molecule has 0 fully saturated rings. The van der Waals surface area contributed by atoms with Crippen LogP contribution in [-0.4, -0.2) is 21.1 Å². The summed E-state index contributed by atoms with van der Waals surface area (Å²) in [5.41, 5.74) is -1.32. The lowest BCUT2D eigenvalue weighted by molar-refractivity contribution is -0.141. The van der Waals surface area contributed by atoms with Crippen LogP contribution in [0.5, 0.6) is 0 Å².